The lowest BCUT2D eigenvalue weighted by Crippen LogP contribution is -2.32. The first-order valence-corrected chi connectivity index (χ1v) is 8.46. The second-order valence-corrected chi connectivity index (χ2v) is 6.60. The fourth-order valence-electron chi connectivity index (χ4n) is 2.76. The van der Waals surface area contributed by atoms with Gasteiger partial charge in [0.15, 0.2) is 5.82 Å². The van der Waals surface area contributed by atoms with Crippen molar-refractivity contribution in [3.8, 4) is 10.8 Å². The standard InChI is InChI=1S/C15H22N4OS/c1-3-19(4-2)9-11(16)14-17-15(20-18-14)13-8-10-6-5-7-12(10)21-13/h8,11H,3-7,9,16H2,1-2H3. The minimum Gasteiger partial charge on any atom is -0.333 e. The molecule has 5 nitrogen and oxygen atoms in total. The van der Waals surface area contributed by atoms with Crippen molar-refractivity contribution >= 4 is 11.3 Å². The van der Waals surface area contributed by atoms with Gasteiger partial charge in [-0.05, 0) is 44.0 Å². The molecule has 114 valence electrons. The molecule has 0 fully saturated rings. The van der Waals surface area contributed by atoms with Crippen LogP contribution in [-0.4, -0.2) is 34.7 Å². The molecule has 2 aromatic rings. The second-order valence-electron chi connectivity index (χ2n) is 5.46. The van der Waals surface area contributed by atoms with Gasteiger partial charge in [0.2, 0.25) is 0 Å². The van der Waals surface area contributed by atoms with Crippen LogP contribution in [0, 0.1) is 0 Å². The van der Waals surface area contributed by atoms with Crippen molar-refractivity contribution in [1.29, 1.82) is 0 Å². The van der Waals surface area contributed by atoms with Gasteiger partial charge in [-0.25, -0.2) is 0 Å². The zero-order valence-corrected chi connectivity index (χ0v) is 13.4. The Balaban J connectivity index is 1.73. The molecule has 2 heterocycles. The van der Waals surface area contributed by atoms with E-state index in [1.807, 2.05) is 0 Å². The van der Waals surface area contributed by atoms with Crippen LogP contribution >= 0.6 is 11.3 Å². The van der Waals surface area contributed by atoms with E-state index in [1.165, 1.54) is 29.7 Å². The molecule has 2 aromatic heterocycles. The van der Waals surface area contributed by atoms with E-state index in [0.717, 1.165) is 24.5 Å². The molecule has 0 bridgehead atoms. The first kappa shape index (κ1) is 14.7. The maximum atomic E-state index is 6.19. The number of hydrogen-bond donors (Lipinski definition) is 1. The van der Waals surface area contributed by atoms with Gasteiger partial charge < -0.3 is 15.2 Å². The number of hydrogen-bond acceptors (Lipinski definition) is 6. The van der Waals surface area contributed by atoms with E-state index in [1.54, 1.807) is 11.3 Å². The summed E-state index contributed by atoms with van der Waals surface area (Å²) in [5.74, 6) is 1.21. The molecule has 0 radical (unpaired) electrons. The third-order valence-electron chi connectivity index (χ3n) is 4.08. The van der Waals surface area contributed by atoms with Crippen molar-refractivity contribution in [2.24, 2.45) is 5.73 Å². The minimum absolute atomic E-state index is 0.200. The maximum absolute atomic E-state index is 6.19. The van der Waals surface area contributed by atoms with E-state index < -0.39 is 0 Å². The van der Waals surface area contributed by atoms with E-state index in [0.29, 0.717) is 11.7 Å². The summed E-state index contributed by atoms with van der Waals surface area (Å²) in [6.45, 7) is 6.97. The van der Waals surface area contributed by atoms with Crippen LogP contribution in [0.1, 0.15) is 42.6 Å². The largest absolute Gasteiger partial charge is 0.333 e. The number of rotatable bonds is 6. The Bertz CT molecular complexity index is 581. The predicted molar refractivity (Wildman–Crippen MR) is 84.4 cm³/mol. The van der Waals surface area contributed by atoms with Gasteiger partial charge in [0, 0.05) is 11.4 Å². The van der Waals surface area contributed by atoms with Crippen LogP contribution < -0.4 is 5.73 Å². The number of aromatic nitrogens is 2. The lowest BCUT2D eigenvalue weighted by atomic mass is 10.2. The Morgan fingerprint density at radius 3 is 2.90 bits per heavy atom. The summed E-state index contributed by atoms with van der Waals surface area (Å²) in [4.78, 5) is 9.31. The zero-order valence-electron chi connectivity index (χ0n) is 12.6. The molecule has 0 aromatic carbocycles. The van der Waals surface area contributed by atoms with Crippen LogP contribution in [0.3, 0.4) is 0 Å². The number of fused-ring (bicyclic) bond motifs is 1. The summed E-state index contributed by atoms with van der Waals surface area (Å²) in [6.07, 6.45) is 3.63. The van der Waals surface area contributed by atoms with Crippen LogP contribution in [0.25, 0.3) is 10.8 Å². The normalized spacial score (nSPS) is 15.6. The third kappa shape index (κ3) is 3.02. The average Bonchev–Trinajstić information content (AvgIpc) is 3.17. The van der Waals surface area contributed by atoms with Gasteiger partial charge >= 0.3 is 0 Å². The summed E-state index contributed by atoms with van der Waals surface area (Å²) < 4.78 is 5.41. The number of likely N-dealkylation sites (N-methyl/N-ethyl adjacent to an activating group) is 1. The molecule has 1 aliphatic rings. The molecular weight excluding hydrogens is 284 g/mol. The molecule has 6 heteroatoms. The lowest BCUT2D eigenvalue weighted by Gasteiger charge is -2.20. The highest BCUT2D eigenvalue weighted by Crippen LogP contribution is 2.35. The molecule has 0 amide bonds. The first-order valence-electron chi connectivity index (χ1n) is 7.64. The topological polar surface area (TPSA) is 68.2 Å². The van der Waals surface area contributed by atoms with Crippen LogP contribution in [0.2, 0.25) is 0 Å². The van der Waals surface area contributed by atoms with E-state index in [4.69, 9.17) is 10.3 Å². The molecule has 0 spiro atoms. The van der Waals surface area contributed by atoms with Gasteiger partial charge in [0.25, 0.3) is 5.89 Å². The molecule has 0 aliphatic heterocycles. The van der Waals surface area contributed by atoms with Crippen LogP contribution in [0.5, 0.6) is 0 Å². The first-order chi connectivity index (χ1) is 10.2. The quantitative estimate of drug-likeness (QED) is 0.888. The van der Waals surface area contributed by atoms with Crippen molar-refractivity contribution in [3.05, 3.63) is 22.3 Å². The molecule has 3 rings (SSSR count). The summed E-state index contributed by atoms with van der Waals surface area (Å²) in [7, 11) is 0. The van der Waals surface area contributed by atoms with Crippen molar-refractivity contribution < 1.29 is 4.52 Å². The summed E-state index contributed by atoms with van der Waals surface area (Å²) in [5.41, 5.74) is 7.63. The predicted octanol–water partition coefficient (Wildman–Crippen LogP) is 2.63. The van der Waals surface area contributed by atoms with E-state index in [-0.39, 0.29) is 6.04 Å². The highest BCUT2D eigenvalue weighted by molar-refractivity contribution is 7.15. The number of nitrogens with two attached hydrogens (primary N) is 1. The monoisotopic (exact) mass is 306 g/mol. The molecule has 1 atom stereocenters. The average molecular weight is 306 g/mol. The van der Waals surface area contributed by atoms with Gasteiger partial charge in [-0.1, -0.05) is 19.0 Å². The minimum atomic E-state index is -0.200. The number of nitrogens with zero attached hydrogens (tertiary/aromatic N) is 3. The molecule has 0 saturated carbocycles. The van der Waals surface area contributed by atoms with Gasteiger partial charge in [0.05, 0.1) is 10.9 Å². The third-order valence-corrected chi connectivity index (χ3v) is 5.31. The number of thiophene rings is 1. The van der Waals surface area contributed by atoms with Crippen molar-refractivity contribution in [2.75, 3.05) is 19.6 Å². The molecule has 0 saturated heterocycles. The lowest BCUT2D eigenvalue weighted by molar-refractivity contribution is 0.278. The second kappa shape index (κ2) is 6.25. The van der Waals surface area contributed by atoms with E-state index in [9.17, 15) is 0 Å². The van der Waals surface area contributed by atoms with E-state index >= 15 is 0 Å². The Morgan fingerprint density at radius 2 is 2.19 bits per heavy atom. The summed E-state index contributed by atoms with van der Waals surface area (Å²) >= 11 is 1.78. The SMILES string of the molecule is CCN(CC)CC(N)c1noc(-c2cc3c(s2)CCC3)n1. The Labute approximate surface area is 129 Å². The summed E-state index contributed by atoms with van der Waals surface area (Å²) in [5, 5.41) is 4.07. The van der Waals surface area contributed by atoms with Gasteiger partial charge in [-0.3, -0.25) is 0 Å². The van der Waals surface area contributed by atoms with Crippen molar-refractivity contribution in [2.45, 2.75) is 39.2 Å². The highest BCUT2D eigenvalue weighted by atomic mass is 32.1. The Morgan fingerprint density at radius 1 is 1.38 bits per heavy atom. The van der Waals surface area contributed by atoms with Crippen LogP contribution in [0.15, 0.2) is 10.6 Å². The molecule has 1 aliphatic carbocycles. The highest BCUT2D eigenvalue weighted by Gasteiger charge is 2.21. The zero-order chi connectivity index (χ0) is 14.8. The smallest absolute Gasteiger partial charge is 0.268 e. The molecule has 21 heavy (non-hydrogen) atoms. The van der Waals surface area contributed by atoms with E-state index in [2.05, 4.69) is 35.0 Å². The van der Waals surface area contributed by atoms with Gasteiger partial charge in [-0.2, -0.15) is 4.98 Å². The van der Waals surface area contributed by atoms with Crippen LogP contribution in [-0.2, 0) is 12.8 Å². The Hall–Kier alpha value is -1.24. The van der Waals surface area contributed by atoms with Crippen molar-refractivity contribution in [1.82, 2.24) is 15.0 Å². The van der Waals surface area contributed by atoms with Crippen molar-refractivity contribution in [3.63, 3.8) is 0 Å². The van der Waals surface area contributed by atoms with Gasteiger partial charge in [0.1, 0.15) is 0 Å². The molecule has 2 N–H and O–H groups in total. The number of aryl methyl sites for hydroxylation is 2. The maximum Gasteiger partial charge on any atom is 0.268 e. The fraction of sp³-hybridized carbons (Fsp3) is 0.600. The molecular formula is C15H22N4OS. The summed E-state index contributed by atoms with van der Waals surface area (Å²) in [6, 6.07) is 1.99. The molecule has 1 unspecified atom stereocenters. The fourth-order valence-corrected chi connectivity index (χ4v) is 3.94. The Kier molecular flexibility index (Phi) is 4.37. The van der Waals surface area contributed by atoms with Crippen LogP contribution in [0.4, 0.5) is 0 Å². The van der Waals surface area contributed by atoms with Gasteiger partial charge in [-0.15, -0.1) is 11.3 Å².